The lowest BCUT2D eigenvalue weighted by Crippen LogP contribution is -2.40. The van der Waals surface area contributed by atoms with Gasteiger partial charge < -0.3 is 30.7 Å². The Morgan fingerprint density at radius 3 is 1.26 bits per heavy atom. The van der Waals surface area contributed by atoms with Crippen molar-refractivity contribution < 1.29 is 28.7 Å². The fraction of sp³-hybridized carbons (Fsp3) is 0.214. The molecule has 10 heteroatoms. The molecular weight excluding hydrogens is 488 g/mol. The molecule has 0 aliphatic heterocycles. The van der Waals surface area contributed by atoms with Crippen molar-refractivity contribution in [1.82, 2.24) is 10.6 Å². The highest BCUT2D eigenvalue weighted by Gasteiger charge is 2.25. The number of benzene rings is 3. The van der Waals surface area contributed by atoms with Crippen molar-refractivity contribution in [2.24, 2.45) is 0 Å². The van der Waals surface area contributed by atoms with Crippen LogP contribution in [0.15, 0.2) is 72.8 Å². The number of amides is 2. The van der Waals surface area contributed by atoms with E-state index in [0.29, 0.717) is 22.7 Å². The maximum atomic E-state index is 13.3. The van der Waals surface area contributed by atoms with E-state index in [-0.39, 0.29) is 11.1 Å². The number of hydrogen-bond donors (Lipinski definition) is 4. The summed E-state index contributed by atoms with van der Waals surface area (Å²) in [5.74, 6) is -2.34. The van der Waals surface area contributed by atoms with Gasteiger partial charge in [-0.1, -0.05) is 36.4 Å². The Morgan fingerprint density at radius 2 is 0.947 bits per heavy atom. The number of esters is 2. The minimum absolute atomic E-state index is 0.167. The lowest BCUT2D eigenvalue weighted by molar-refractivity contribution is -0.143. The Balaban J connectivity index is 2.12. The Morgan fingerprint density at radius 1 is 0.605 bits per heavy atom. The zero-order chi connectivity index (χ0) is 27.7. The van der Waals surface area contributed by atoms with Gasteiger partial charge in [0.2, 0.25) is 0 Å². The normalized spacial score (nSPS) is 11.9. The third kappa shape index (κ3) is 7.10. The molecule has 0 aliphatic carbocycles. The maximum absolute atomic E-state index is 13.3. The molecule has 0 saturated heterocycles. The summed E-state index contributed by atoms with van der Waals surface area (Å²) in [7, 11) is 2.47. The largest absolute Gasteiger partial charge is 0.467 e. The molecule has 10 nitrogen and oxygen atoms in total. The van der Waals surface area contributed by atoms with Gasteiger partial charge in [-0.05, 0) is 50.2 Å². The molecule has 0 aliphatic rings. The smallest absolute Gasteiger partial charge is 0.328 e. The summed E-state index contributed by atoms with van der Waals surface area (Å²) in [5, 5.41) is 11.6. The minimum Gasteiger partial charge on any atom is -0.467 e. The van der Waals surface area contributed by atoms with Gasteiger partial charge in [0.15, 0.2) is 0 Å². The quantitative estimate of drug-likeness (QED) is 0.298. The molecule has 0 bridgehead atoms. The first-order valence-corrected chi connectivity index (χ1v) is 11.8. The Hall–Kier alpha value is -4.86. The summed E-state index contributed by atoms with van der Waals surface area (Å²) in [6, 6.07) is 19.4. The standard InChI is InChI=1S/C28H30N4O6/c1-17(27(35)37-3)29-25(33)21-15-24(32-20-13-9-6-10-14-20)22(26(34)30-18(2)28(36)38-4)16-23(21)31-19-11-7-5-8-12-19/h5-18,31-32H,1-4H3,(H,29,33)(H,30,34)/t17-,18-/m1/s1. The van der Waals surface area contributed by atoms with Crippen LogP contribution >= 0.6 is 0 Å². The Bertz CT molecular complexity index is 1200. The summed E-state index contributed by atoms with van der Waals surface area (Å²) in [6.45, 7) is 3.01. The minimum atomic E-state index is -0.911. The molecule has 3 aromatic carbocycles. The van der Waals surface area contributed by atoms with E-state index in [1.807, 2.05) is 36.4 Å². The van der Waals surface area contributed by atoms with Crippen LogP contribution in [0, 0.1) is 0 Å². The number of para-hydroxylation sites is 2. The molecule has 3 aromatic rings. The molecule has 38 heavy (non-hydrogen) atoms. The van der Waals surface area contributed by atoms with E-state index in [9.17, 15) is 19.2 Å². The molecule has 0 unspecified atom stereocenters. The molecule has 0 saturated carbocycles. The summed E-state index contributed by atoms with van der Waals surface area (Å²) in [5.41, 5.74) is 2.28. The molecule has 3 rings (SSSR count). The van der Waals surface area contributed by atoms with E-state index >= 15 is 0 Å². The van der Waals surface area contributed by atoms with Gasteiger partial charge >= 0.3 is 11.9 Å². The van der Waals surface area contributed by atoms with Crippen molar-refractivity contribution in [2.45, 2.75) is 25.9 Å². The van der Waals surface area contributed by atoms with Gasteiger partial charge in [-0.3, -0.25) is 9.59 Å². The molecule has 0 heterocycles. The van der Waals surface area contributed by atoms with Crippen molar-refractivity contribution in [3.8, 4) is 0 Å². The summed E-state index contributed by atoms with van der Waals surface area (Å²) >= 11 is 0. The van der Waals surface area contributed by atoms with Gasteiger partial charge in [0.05, 0.1) is 36.7 Å². The van der Waals surface area contributed by atoms with Gasteiger partial charge in [-0.15, -0.1) is 0 Å². The number of hydrogen-bond acceptors (Lipinski definition) is 8. The molecule has 4 N–H and O–H groups in total. The van der Waals surface area contributed by atoms with Crippen LogP contribution in [0.5, 0.6) is 0 Å². The number of nitrogens with one attached hydrogen (secondary N) is 4. The summed E-state index contributed by atoms with van der Waals surface area (Å²) in [6.07, 6.45) is 0. The van der Waals surface area contributed by atoms with Crippen LogP contribution in [0.2, 0.25) is 0 Å². The third-order valence-corrected chi connectivity index (χ3v) is 5.56. The van der Waals surface area contributed by atoms with Crippen LogP contribution in [0.3, 0.4) is 0 Å². The number of carbonyl (C=O) groups excluding carboxylic acids is 4. The average Bonchev–Trinajstić information content (AvgIpc) is 2.93. The lowest BCUT2D eigenvalue weighted by atomic mass is 10.0. The molecule has 2 atom stereocenters. The monoisotopic (exact) mass is 518 g/mol. The van der Waals surface area contributed by atoms with Crippen LogP contribution in [-0.2, 0) is 19.1 Å². The first kappa shape index (κ1) is 27.7. The summed E-state index contributed by atoms with van der Waals surface area (Å²) < 4.78 is 9.44. The van der Waals surface area contributed by atoms with E-state index in [2.05, 4.69) is 21.3 Å². The maximum Gasteiger partial charge on any atom is 0.328 e. The predicted octanol–water partition coefficient (Wildman–Crippen LogP) is 3.76. The number of carbonyl (C=O) groups is 4. The molecule has 198 valence electrons. The highest BCUT2D eigenvalue weighted by molar-refractivity contribution is 6.08. The second-order valence-corrected chi connectivity index (χ2v) is 8.36. The molecule has 0 fully saturated rings. The van der Waals surface area contributed by atoms with Crippen LogP contribution in [0.1, 0.15) is 34.6 Å². The molecule has 0 radical (unpaired) electrons. The van der Waals surface area contributed by atoms with Crippen molar-refractivity contribution in [2.75, 3.05) is 24.9 Å². The summed E-state index contributed by atoms with van der Waals surface area (Å²) in [4.78, 5) is 50.5. The molecule has 0 aromatic heterocycles. The topological polar surface area (TPSA) is 135 Å². The van der Waals surface area contributed by atoms with Gasteiger partial charge in [-0.2, -0.15) is 0 Å². The van der Waals surface area contributed by atoms with Gasteiger partial charge in [-0.25, -0.2) is 9.59 Å². The molecular formula is C28H30N4O6. The van der Waals surface area contributed by atoms with E-state index in [0.717, 1.165) is 0 Å². The lowest BCUT2D eigenvalue weighted by Gasteiger charge is -2.20. The van der Waals surface area contributed by atoms with E-state index in [1.165, 1.54) is 40.2 Å². The number of rotatable bonds is 10. The fourth-order valence-electron chi connectivity index (χ4n) is 3.56. The predicted molar refractivity (Wildman–Crippen MR) is 144 cm³/mol. The molecule has 0 spiro atoms. The second-order valence-electron chi connectivity index (χ2n) is 8.36. The Labute approximate surface area is 220 Å². The zero-order valence-corrected chi connectivity index (χ0v) is 21.5. The van der Waals surface area contributed by atoms with Crippen molar-refractivity contribution in [3.63, 3.8) is 0 Å². The highest BCUT2D eigenvalue weighted by Crippen LogP contribution is 2.30. The zero-order valence-electron chi connectivity index (χ0n) is 21.5. The Kier molecular flexibility index (Phi) is 9.42. The number of anilines is 4. The van der Waals surface area contributed by atoms with Crippen LogP contribution in [-0.4, -0.2) is 50.1 Å². The first-order chi connectivity index (χ1) is 18.2. The van der Waals surface area contributed by atoms with Crippen LogP contribution in [0.4, 0.5) is 22.7 Å². The van der Waals surface area contributed by atoms with Gasteiger partial charge in [0.1, 0.15) is 12.1 Å². The van der Waals surface area contributed by atoms with E-state index in [1.54, 1.807) is 24.3 Å². The molecule has 2 amide bonds. The highest BCUT2D eigenvalue weighted by atomic mass is 16.5. The van der Waals surface area contributed by atoms with Crippen molar-refractivity contribution >= 4 is 46.5 Å². The van der Waals surface area contributed by atoms with Crippen molar-refractivity contribution in [3.05, 3.63) is 83.9 Å². The van der Waals surface area contributed by atoms with E-state index < -0.39 is 35.8 Å². The third-order valence-electron chi connectivity index (χ3n) is 5.56. The van der Waals surface area contributed by atoms with Crippen LogP contribution in [0.25, 0.3) is 0 Å². The number of methoxy groups -OCH3 is 2. The van der Waals surface area contributed by atoms with E-state index in [4.69, 9.17) is 9.47 Å². The first-order valence-electron chi connectivity index (χ1n) is 11.8. The van der Waals surface area contributed by atoms with Gasteiger partial charge in [0, 0.05) is 11.4 Å². The second kappa shape index (κ2) is 12.9. The SMILES string of the molecule is COC(=O)[C@@H](C)NC(=O)c1cc(Nc2ccccc2)c(C(=O)N[C@H](C)C(=O)OC)cc1Nc1ccccc1. The van der Waals surface area contributed by atoms with Gasteiger partial charge in [0.25, 0.3) is 11.8 Å². The average molecular weight is 519 g/mol. The number of ether oxygens (including phenoxy) is 2. The van der Waals surface area contributed by atoms with Crippen molar-refractivity contribution in [1.29, 1.82) is 0 Å². The fourth-order valence-corrected chi connectivity index (χ4v) is 3.56. The van der Waals surface area contributed by atoms with Crippen LogP contribution < -0.4 is 21.3 Å².